The van der Waals surface area contributed by atoms with Crippen molar-refractivity contribution in [3.05, 3.63) is 60.9 Å². The van der Waals surface area contributed by atoms with Crippen molar-refractivity contribution in [1.29, 1.82) is 0 Å². The molecule has 3 heterocycles. The number of rotatable bonds is 4. The maximum absolute atomic E-state index is 13.7. The molecule has 0 saturated carbocycles. The summed E-state index contributed by atoms with van der Waals surface area (Å²) >= 11 is 0. The van der Waals surface area contributed by atoms with Gasteiger partial charge in [-0.25, -0.2) is 19.3 Å². The Hall–Kier alpha value is -3.48. The van der Waals surface area contributed by atoms with E-state index in [0.717, 1.165) is 28.0 Å². The fraction of sp³-hybridized carbons (Fsp3) is 0.0556. The van der Waals surface area contributed by atoms with E-state index in [1.54, 1.807) is 25.4 Å². The van der Waals surface area contributed by atoms with Crippen molar-refractivity contribution in [3.63, 3.8) is 0 Å². The van der Waals surface area contributed by atoms with Gasteiger partial charge in [-0.2, -0.15) is 0 Å². The van der Waals surface area contributed by atoms with Gasteiger partial charge in [-0.1, -0.05) is 0 Å². The zero-order chi connectivity index (χ0) is 17.2. The Morgan fingerprint density at radius 3 is 2.88 bits per heavy atom. The highest BCUT2D eigenvalue weighted by Gasteiger charge is 2.13. The van der Waals surface area contributed by atoms with Crippen LogP contribution in [-0.2, 0) is 0 Å². The molecule has 3 aromatic heterocycles. The lowest BCUT2D eigenvalue weighted by molar-refractivity contribution is 0.631. The fourth-order valence-corrected chi connectivity index (χ4v) is 2.71. The molecular formula is C18H15FN6. The van der Waals surface area contributed by atoms with Gasteiger partial charge in [0.25, 0.3) is 0 Å². The fourth-order valence-electron chi connectivity index (χ4n) is 2.71. The van der Waals surface area contributed by atoms with Gasteiger partial charge in [0.05, 0.1) is 11.4 Å². The largest absolute Gasteiger partial charge is 0.386 e. The molecule has 4 rings (SSSR count). The third-order valence-corrected chi connectivity index (χ3v) is 3.92. The van der Waals surface area contributed by atoms with Crippen molar-refractivity contribution in [2.45, 2.75) is 0 Å². The van der Waals surface area contributed by atoms with Crippen LogP contribution in [0.25, 0.3) is 22.3 Å². The summed E-state index contributed by atoms with van der Waals surface area (Å²) in [5.74, 6) is 0.330. The lowest BCUT2D eigenvalue weighted by atomic mass is 10.1. The number of hydrogen-bond donors (Lipinski definition) is 3. The van der Waals surface area contributed by atoms with Gasteiger partial charge in [-0.3, -0.25) is 0 Å². The van der Waals surface area contributed by atoms with E-state index in [-0.39, 0.29) is 5.82 Å². The van der Waals surface area contributed by atoms with Crippen molar-refractivity contribution < 1.29 is 4.39 Å². The molecule has 7 heteroatoms. The van der Waals surface area contributed by atoms with Crippen LogP contribution in [0.4, 0.5) is 21.6 Å². The number of pyridine rings is 1. The molecule has 124 valence electrons. The number of aromatic amines is 1. The normalized spacial score (nSPS) is 10.8. The smallest absolute Gasteiger partial charge is 0.146 e. The van der Waals surface area contributed by atoms with Crippen molar-refractivity contribution in [2.75, 3.05) is 17.7 Å². The molecule has 0 unspecified atom stereocenters. The molecule has 3 N–H and O–H groups in total. The van der Waals surface area contributed by atoms with E-state index >= 15 is 0 Å². The third kappa shape index (κ3) is 2.76. The summed E-state index contributed by atoms with van der Waals surface area (Å²) in [5, 5.41) is 6.98. The average molecular weight is 334 g/mol. The predicted octanol–water partition coefficient (Wildman–Crippen LogP) is 3.94. The maximum atomic E-state index is 13.7. The average Bonchev–Trinajstić information content (AvgIpc) is 3.12. The molecule has 0 saturated heterocycles. The Balaban J connectivity index is 1.79. The highest BCUT2D eigenvalue weighted by molar-refractivity contribution is 5.94. The number of nitrogens with zero attached hydrogens (tertiary/aromatic N) is 3. The van der Waals surface area contributed by atoms with E-state index in [1.807, 2.05) is 24.4 Å². The summed E-state index contributed by atoms with van der Waals surface area (Å²) in [5.41, 5.74) is 3.52. The van der Waals surface area contributed by atoms with Crippen LogP contribution in [0.3, 0.4) is 0 Å². The number of benzene rings is 1. The summed E-state index contributed by atoms with van der Waals surface area (Å²) in [4.78, 5) is 16.1. The highest BCUT2D eigenvalue weighted by Crippen LogP contribution is 2.31. The summed E-state index contributed by atoms with van der Waals surface area (Å²) in [6.07, 6.45) is 5.04. The van der Waals surface area contributed by atoms with Gasteiger partial charge in [0, 0.05) is 36.1 Å². The second-order valence-electron chi connectivity index (χ2n) is 5.43. The number of hydrogen-bond acceptors (Lipinski definition) is 5. The Bertz CT molecular complexity index is 1040. The number of fused-ring (bicyclic) bond motifs is 1. The molecule has 0 aliphatic carbocycles. The standard InChI is InChI=1S/C18H15FN6/c1-20-15-9-11(4-5-14(15)19)25-18-12(3-2-7-21-18)16-13-6-8-22-17(13)24-10-23-16/h2-10,20H,1H3,(H,21,25)(H,22,23,24). The summed E-state index contributed by atoms with van der Waals surface area (Å²) in [7, 11) is 1.68. The molecule has 0 bridgehead atoms. The van der Waals surface area contributed by atoms with Crippen LogP contribution >= 0.6 is 0 Å². The first-order valence-electron chi connectivity index (χ1n) is 7.74. The molecule has 0 aliphatic heterocycles. The van der Waals surface area contributed by atoms with Crippen molar-refractivity contribution >= 4 is 28.2 Å². The predicted molar refractivity (Wildman–Crippen MR) is 96.3 cm³/mol. The van der Waals surface area contributed by atoms with E-state index < -0.39 is 0 Å². The maximum Gasteiger partial charge on any atom is 0.146 e. The van der Waals surface area contributed by atoms with E-state index in [1.165, 1.54) is 12.4 Å². The zero-order valence-electron chi connectivity index (χ0n) is 13.4. The first-order valence-corrected chi connectivity index (χ1v) is 7.74. The Labute approximate surface area is 143 Å². The van der Waals surface area contributed by atoms with Gasteiger partial charge < -0.3 is 15.6 Å². The molecule has 0 atom stereocenters. The molecule has 25 heavy (non-hydrogen) atoms. The zero-order valence-corrected chi connectivity index (χ0v) is 13.4. The van der Waals surface area contributed by atoms with Crippen LogP contribution in [0.15, 0.2) is 55.1 Å². The molecular weight excluding hydrogens is 319 g/mol. The van der Waals surface area contributed by atoms with Crippen LogP contribution in [-0.4, -0.2) is 27.0 Å². The van der Waals surface area contributed by atoms with Gasteiger partial charge in [-0.15, -0.1) is 0 Å². The van der Waals surface area contributed by atoms with Crippen molar-refractivity contribution in [1.82, 2.24) is 19.9 Å². The van der Waals surface area contributed by atoms with Crippen LogP contribution < -0.4 is 10.6 Å². The van der Waals surface area contributed by atoms with Gasteiger partial charge in [0.1, 0.15) is 23.6 Å². The van der Waals surface area contributed by atoms with Gasteiger partial charge in [0.2, 0.25) is 0 Å². The van der Waals surface area contributed by atoms with Crippen LogP contribution in [0.5, 0.6) is 0 Å². The van der Waals surface area contributed by atoms with Crippen LogP contribution in [0.1, 0.15) is 0 Å². The number of aromatic nitrogens is 4. The highest BCUT2D eigenvalue weighted by atomic mass is 19.1. The molecule has 0 radical (unpaired) electrons. The van der Waals surface area contributed by atoms with Crippen molar-refractivity contribution in [3.8, 4) is 11.3 Å². The summed E-state index contributed by atoms with van der Waals surface area (Å²) < 4.78 is 13.7. The third-order valence-electron chi connectivity index (χ3n) is 3.92. The first kappa shape index (κ1) is 15.1. The summed E-state index contributed by atoms with van der Waals surface area (Å²) in [6, 6.07) is 10.5. The molecule has 0 spiro atoms. The number of halogens is 1. The molecule has 0 aliphatic rings. The van der Waals surface area contributed by atoms with Crippen molar-refractivity contribution in [2.24, 2.45) is 0 Å². The van der Waals surface area contributed by atoms with Crippen LogP contribution in [0.2, 0.25) is 0 Å². The first-order chi connectivity index (χ1) is 12.3. The number of nitrogens with one attached hydrogen (secondary N) is 3. The second kappa shape index (κ2) is 6.20. The van der Waals surface area contributed by atoms with E-state index in [4.69, 9.17) is 0 Å². The minimum absolute atomic E-state index is 0.306. The van der Waals surface area contributed by atoms with E-state index in [9.17, 15) is 4.39 Å². The Morgan fingerprint density at radius 1 is 1.08 bits per heavy atom. The molecule has 6 nitrogen and oxygen atoms in total. The lowest BCUT2D eigenvalue weighted by Crippen LogP contribution is -1.99. The van der Waals surface area contributed by atoms with Gasteiger partial charge in [-0.05, 0) is 36.4 Å². The van der Waals surface area contributed by atoms with Gasteiger partial charge in [0.15, 0.2) is 0 Å². The molecule has 0 fully saturated rings. The molecule has 4 aromatic rings. The molecule has 0 amide bonds. The topological polar surface area (TPSA) is 78.5 Å². The SMILES string of the molecule is CNc1cc(Nc2ncccc2-c2ncnc3[nH]ccc23)ccc1F. The van der Waals surface area contributed by atoms with E-state index in [2.05, 4.69) is 30.6 Å². The Kier molecular flexibility index (Phi) is 3.74. The monoisotopic (exact) mass is 334 g/mol. The summed E-state index contributed by atoms with van der Waals surface area (Å²) in [6.45, 7) is 0. The number of anilines is 3. The number of H-pyrrole nitrogens is 1. The van der Waals surface area contributed by atoms with Crippen LogP contribution in [0, 0.1) is 5.82 Å². The second-order valence-corrected chi connectivity index (χ2v) is 5.43. The lowest BCUT2D eigenvalue weighted by Gasteiger charge is -2.12. The molecule has 1 aromatic carbocycles. The minimum atomic E-state index is -0.306. The minimum Gasteiger partial charge on any atom is -0.386 e. The Morgan fingerprint density at radius 2 is 2.00 bits per heavy atom. The van der Waals surface area contributed by atoms with E-state index in [0.29, 0.717) is 11.5 Å². The van der Waals surface area contributed by atoms with Gasteiger partial charge >= 0.3 is 0 Å². The quantitative estimate of drug-likeness (QED) is 0.527.